The van der Waals surface area contributed by atoms with Crippen LogP contribution in [0.4, 0.5) is 5.69 Å². The SMILES string of the molecule is CC(C)Oc1cccc(C2C(C(=O)c3cc4cc(Br)ccc4o3)=C(O)C(=O)N2c2ccc(C#N)cc2)c1. The lowest BCUT2D eigenvalue weighted by atomic mass is 9.94. The van der Waals surface area contributed by atoms with E-state index in [1.165, 1.54) is 4.90 Å². The van der Waals surface area contributed by atoms with E-state index < -0.39 is 23.5 Å². The first kappa shape index (κ1) is 24.3. The fraction of sp³-hybridized carbons (Fsp3) is 0.138. The van der Waals surface area contributed by atoms with Gasteiger partial charge in [-0.3, -0.25) is 14.5 Å². The molecule has 184 valence electrons. The van der Waals surface area contributed by atoms with Crippen molar-refractivity contribution in [1.29, 1.82) is 5.26 Å². The molecule has 4 aromatic rings. The molecule has 1 aromatic heterocycles. The van der Waals surface area contributed by atoms with Crippen LogP contribution in [0.15, 0.2) is 93.0 Å². The van der Waals surface area contributed by atoms with E-state index >= 15 is 0 Å². The number of halogens is 1. The zero-order valence-electron chi connectivity index (χ0n) is 19.9. The summed E-state index contributed by atoms with van der Waals surface area (Å²) in [7, 11) is 0. The first-order valence-corrected chi connectivity index (χ1v) is 12.3. The van der Waals surface area contributed by atoms with E-state index in [2.05, 4.69) is 15.9 Å². The summed E-state index contributed by atoms with van der Waals surface area (Å²) in [6, 6.07) is 21.5. The van der Waals surface area contributed by atoms with Gasteiger partial charge in [0.2, 0.25) is 5.78 Å². The van der Waals surface area contributed by atoms with Gasteiger partial charge in [-0.05, 0) is 80.1 Å². The Balaban J connectivity index is 1.65. The van der Waals surface area contributed by atoms with E-state index in [1.54, 1.807) is 66.7 Å². The van der Waals surface area contributed by atoms with Gasteiger partial charge in [-0.1, -0.05) is 28.1 Å². The average Bonchev–Trinajstić information content (AvgIpc) is 3.42. The number of nitriles is 1. The van der Waals surface area contributed by atoms with Gasteiger partial charge in [0.05, 0.1) is 29.4 Å². The van der Waals surface area contributed by atoms with E-state index in [-0.39, 0.29) is 17.4 Å². The number of nitrogens with zero attached hydrogens (tertiary/aromatic N) is 2. The quantitative estimate of drug-likeness (QED) is 0.267. The monoisotopic (exact) mass is 556 g/mol. The second kappa shape index (κ2) is 9.60. The van der Waals surface area contributed by atoms with Crippen molar-refractivity contribution in [2.24, 2.45) is 0 Å². The number of fused-ring (bicyclic) bond motifs is 1. The lowest BCUT2D eigenvalue weighted by molar-refractivity contribution is -0.117. The predicted molar refractivity (Wildman–Crippen MR) is 141 cm³/mol. The minimum atomic E-state index is -0.955. The molecule has 1 amide bonds. The van der Waals surface area contributed by atoms with Crippen LogP contribution in [0.5, 0.6) is 5.75 Å². The first-order chi connectivity index (χ1) is 17.8. The zero-order chi connectivity index (χ0) is 26.3. The molecule has 0 saturated carbocycles. The third-order valence-corrected chi connectivity index (χ3v) is 6.47. The van der Waals surface area contributed by atoms with E-state index in [0.29, 0.717) is 33.5 Å². The molecule has 0 fully saturated rings. The van der Waals surface area contributed by atoms with E-state index in [9.17, 15) is 20.0 Å². The Morgan fingerprint density at radius 3 is 2.57 bits per heavy atom. The Morgan fingerprint density at radius 1 is 1.11 bits per heavy atom. The van der Waals surface area contributed by atoms with E-state index in [4.69, 9.17) is 9.15 Å². The fourth-order valence-corrected chi connectivity index (χ4v) is 4.78. The van der Waals surface area contributed by atoms with Gasteiger partial charge < -0.3 is 14.3 Å². The molecule has 0 saturated heterocycles. The van der Waals surface area contributed by atoms with Crippen LogP contribution in [-0.4, -0.2) is 22.9 Å². The van der Waals surface area contributed by atoms with Crippen LogP contribution in [-0.2, 0) is 4.79 Å². The molecule has 0 spiro atoms. The summed E-state index contributed by atoms with van der Waals surface area (Å²) in [5, 5.41) is 20.9. The highest BCUT2D eigenvalue weighted by Gasteiger charge is 2.45. The minimum absolute atomic E-state index is 0.00344. The van der Waals surface area contributed by atoms with Crippen molar-refractivity contribution in [1.82, 2.24) is 0 Å². The van der Waals surface area contributed by atoms with Gasteiger partial charge in [0.15, 0.2) is 11.5 Å². The van der Waals surface area contributed by atoms with Gasteiger partial charge in [0, 0.05) is 15.5 Å². The van der Waals surface area contributed by atoms with Crippen LogP contribution >= 0.6 is 15.9 Å². The summed E-state index contributed by atoms with van der Waals surface area (Å²) in [5.41, 5.74) is 1.81. The molecule has 2 heterocycles. The van der Waals surface area contributed by atoms with Crippen molar-refractivity contribution in [2.45, 2.75) is 26.0 Å². The maximum atomic E-state index is 13.8. The van der Waals surface area contributed by atoms with Crippen LogP contribution in [0.2, 0.25) is 0 Å². The largest absolute Gasteiger partial charge is 0.503 e. The number of hydrogen-bond donors (Lipinski definition) is 1. The van der Waals surface area contributed by atoms with Crippen molar-refractivity contribution < 1.29 is 23.8 Å². The topological polar surface area (TPSA) is 104 Å². The average molecular weight is 557 g/mol. The number of furan rings is 1. The maximum absolute atomic E-state index is 13.8. The number of ketones is 1. The van der Waals surface area contributed by atoms with Crippen LogP contribution in [0.1, 0.15) is 41.6 Å². The molecule has 1 atom stereocenters. The van der Waals surface area contributed by atoms with Crippen molar-refractivity contribution in [3.8, 4) is 11.8 Å². The number of carbonyl (C=O) groups excluding carboxylic acids is 2. The van der Waals surface area contributed by atoms with Crippen LogP contribution in [0.25, 0.3) is 11.0 Å². The highest BCUT2D eigenvalue weighted by atomic mass is 79.9. The molecule has 5 rings (SSSR count). The van der Waals surface area contributed by atoms with Crippen LogP contribution < -0.4 is 9.64 Å². The number of hydrogen-bond acceptors (Lipinski definition) is 6. The van der Waals surface area contributed by atoms with Gasteiger partial charge in [-0.2, -0.15) is 5.26 Å². The third-order valence-electron chi connectivity index (χ3n) is 5.98. The van der Waals surface area contributed by atoms with Crippen LogP contribution in [0, 0.1) is 11.3 Å². The Bertz CT molecular complexity index is 1610. The highest BCUT2D eigenvalue weighted by molar-refractivity contribution is 9.10. The molecule has 0 bridgehead atoms. The zero-order valence-corrected chi connectivity index (χ0v) is 21.5. The number of aliphatic hydroxyl groups excluding tert-OH is 1. The second-order valence-corrected chi connectivity index (χ2v) is 9.78. The third kappa shape index (κ3) is 4.50. The molecule has 37 heavy (non-hydrogen) atoms. The van der Waals surface area contributed by atoms with E-state index in [0.717, 1.165) is 4.47 Å². The molecule has 1 aliphatic rings. The predicted octanol–water partition coefficient (Wildman–Crippen LogP) is 6.64. The van der Waals surface area contributed by atoms with Gasteiger partial charge in [-0.15, -0.1) is 0 Å². The smallest absolute Gasteiger partial charge is 0.294 e. The van der Waals surface area contributed by atoms with Crippen molar-refractivity contribution in [3.05, 3.63) is 105 Å². The number of anilines is 1. The number of Topliss-reactive ketones (excluding diaryl/α,β-unsaturated/α-hetero) is 1. The lowest BCUT2D eigenvalue weighted by Gasteiger charge is -2.27. The summed E-state index contributed by atoms with van der Waals surface area (Å²) in [6.07, 6.45) is -0.0880. The van der Waals surface area contributed by atoms with Crippen molar-refractivity contribution in [2.75, 3.05) is 4.90 Å². The fourth-order valence-electron chi connectivity index (χ4n) is 4.40. The molecular formula is C29H21BrN2O5. The molecule has 7 nitrogen and oxygen atoms in total. The molecule has 3 aromatic carbocycles. The van der Waals surface area contributed by atoms with Crippen molar-refractivity contribution >= 4 is 44.3 Å². The number of benzene rings is 3. The Hall–Kier alpha value is -4.35. The maximum Gasteiger partial charge on any atom is 0.294 e. The lowest BCUT2D eigenvalue weighted by Crippen LogP contribution is -2.31. The van der Waals surface area contributed by atoms with Gasteiger partial charge in [0.25, 0.3) is 5.91 Å². The normalized spacial score (nSPS) is 15.5. The molecule has 0 aliphatic carbocycles. The molecule has 1 aliphatic heterocycles. The number of rotatable bonds is 6. The van der Waals surface area contributed by atoms with Crippen LogP contribution in [0.3, 0.4) is 0 Å². The minimum Gasteiger partial charge on any atom is -0.503 e. The van der Waals surface area contributed by atoms with Gasteiger partial charge in [-0.25, -0.2) is 0 Å². The summed E-state index contributed by atoms with van der Waals surface area (Å²) in [5.74, 6) is -1.42. The Kier molecular flexibility index (Phi) is 6.32. The van der Waals surface area contributed by atoms with Crippen molar-refractivity contribution in [3.63, 3.8) is 0 Å². The highest BCUT2D eigenvalue weighted by Crippen LogP contribution is 2.43. The Labute approximate surface area is 221 Å². The summed E-state index contributed by atoms with van der Waals surface area (Å²) < 4.78 is 12.5. The number of ether oxygens (including phenoxy) is 1. The summed E-state index contributed by atoms with van der Waals surface area (Å²) in [6.45, 7) is 3.80. The number of aliphatic hydroxyl groups is 1. The molecule has 1 unspecified atom stereocenters. The van der Waals surface area contributed by atoms with Gasteiger partial charge >= 0.3 is 0 Å². The summed E-state index contributed by atoms with van der Waals surface area (Å²) in [4.78, 5) is 28.6. The molecule has 8 heteroatoms. The Morgan fingerprint density at radius 2 is 1.86 bits per heavy atom. The number of amides is 1. The second-order valence-electron chi connectivity index (χ2n) is 8.86. The molecule has 1 N–H and O–H groups in total. The number of carbonyl (C=O) groups is 2. The molecule has 0 radical (unpaired) electrons. The van der Waals surface area contributed by atoms with E-state index in [1.807, 2.05) is 26.0 Å². The first-order valence-electron chi connectivity index (χ1n) is 11.5. The summed E-state index contributed by atoms with van der Waals surface area (Å²) >= 11 is 3.41. The standard InChI is InChI=1S/C29H21BrN2O5/c1-16(2)36-22-5-3-4-18(13-22)26-25(27(33)24-14-19-12-20(30)8-11-23(19)37-24)28(34)29(35)32(26)21-9-6-17(15-31)7-10-21/h3-14,16,26,34H,1-2H3. The van der Waals surface area contributed by atoms with Gasteiger partial charge in [0.1, 0.15) is 11.3 Å². The molecular weight excluding hydrogens is 536 g/mol.